The molecule has 1 saturated heterocycles. The van der Waals surface area contributed by atoms with Crippen LogP contribution in [-0.4, -0.2) is 25.3 Å². The minimum atomic E-state index is 0.537. The second-order valence-corrected chi connectivity index (χ2v) is 2.57. The minimum Gasteiger partial charge on any atom is -0.314 e. The number of hydrogen-bond donors (Lipinski definition) is 1. The molecule has 1 N–H and O–H groups in total. The smallest absolute Gasteiger partial charge is 0.0698 e. The van der Waals surface area contributed by atoms with Crippen molar-refractivity contribution in [1.82, 2.24) is 5.32 Å². The number of nitrogens with zero attached hydrogens (tertiary/aromatic N) is 1. The average molecular weight is 122 g/mol. The molecule has 0 aromatic carbocycles. The van der Waals surface area contributed by atoms with E-state index in [4.69, 9.17) is 0 Å². The molecule has 0 aromatic heterocycles. The number of rotatable bonds is 0. The van der Waals surface area contributed by atoms with Gasteiger partial charge in [-0.15, -0.1) is 0 Å². The quantitative estimate of drug-likeness (QED) is 0.488. The van der Waals surface area contributed by atoms with Crippen LogP contribution in [0.4, 0.5) is 0 Å². The molecule has 0 saturated carbocycles. The van der Waals surface area contributed by atoms with E-state index >= 15 is 0 Å². The molecule has 2 heteroatoms. The summed E-state index contributed by atoms with van der Waals surface area (Å²) >= 11 is 0. The topological polar surface area (TPSA) is 24.4 Å². The van der Waals surface area contributed by atoms with Gasteiger partial charge in [-0.2, -0.15) is 0 Å². The summed E-state index contributed by atoms with van der Waals surface area (Å²) in [7, 11) is 0. The number of dihydropyridines is 1. The molecule has 0 amide bonds. The van der Waals surface area contributed by atoms with E-state index in [9.17, 15) is 0 Å². The van der Waals surface area contributed by atoms with Crippen molar-refractivity contribution in [3.8, 4) is 0 Å². The summed E-state index contributed by atoms with van der Waals surface area (Å²) in [6.45, 7) is 2.17. The molecule has 2 atom stereocenters. The molecule has 2 heterocycles. The SMILES string of the molecule is C1=CC2CNCC2N=C1. The van der Waals surface area contributed by atoms with Crippen molar-refractivity contribution in [2.45, 2.75) is 6.04 Å². The van der Waals surface area contributed by atoms with Crippen LogP contribution in [0.1, 0.15) is 0 Å². The van der Waals surface area contributed by atoms with Gasteiger partial charge in [-0.05, 0) is 6.08 Å². The number of nitrogens with one attached hydrogen (secondary N) is 1. The summed E-state index contributed by atoms with van der Waals surface area (Å²) in [5.74, 6) is 0.676. The van der Waals surface area contributed by atoms with Gasteiger partial charge in [0, 0.05) is 25.2 Å². The highest BCUT2D eigenvalue weighted by Crippen LogP contribution is 2.15. The monoisotopic (exact) mass is 122 g/mol. The Kier molecular flexibility index (Phi) is 1.12. The Bertz CT molecular complexity index is 142. The maximum atomic E-state index is 4.32. The van der Waals surface area contributed by atoms with Crippen molar-refractivity contribution in [3.05, 3.63) is 12.2 Å². The van der Waals surface area contributed by atoms with E-state index in [1.54, 1.807) is 0 Å². The van der Waals surface area contributed by atoms with Crippen LogP contribution in [0.15, 0.2) is 17.1 Å². The Morgan fingerprint density at radius 2 is 2.44 bits per heavy atom. The Hall–Kier alpha value is -0.630. The highest BCUT2D eigenvalue weighted by molar-refractivity contribution is 5.72. The number of allylic oxidation sites excluding steroid dienone is 1. The molecule has 48 valence electrons. The fourth-order valence-corrected chi connectivity index (χ4v) is 1.40. The fourth-order valence-electron chi connectivity index (χ4n) is 1.40. The van der Waals surface area contributed by atoms with Crippen LogP contribution in [0.3, 0.4) is 0 Å². The molecule has 0 radical (unpaired) electrons. The molecule has 2 rings (SSSR count). The Labute approximate surface area is 54.7 Å². The number of hydrogen-bond acceptors (Lipinski definition) is 2. The summed E-state index contributed by atoms with van der Waals surface area (Å²) in [5, 5.41) is 3.30. The first-order valence-corrected chi connectivity index (χ1v) is 3.37. The van der Waals surface area contributed by atoms with E-state index in [2.05, 4.69) is 16.4 Å². The number of aliphatic imine (C=N–C) groups is 1. The predicted molar refractivity (Wildman–Crippen MR) is 37.8 cm³/mol. The summed E-state index contributed by atoms with van der Waals surface area (Å²) < 4.78 is 0. The summed E-state index contributed by atoms with van der Waals surface area (Å²) in [4.78, 5) is 4.32. The van der Waals surface area contributed by atoms with Gasteiger partial charge in [0.1, 0.15) is 0 Å². The molecule has 2 aliphatic rings. The Morgan fingerprint density at radius 3 is 3.33 bits per heavy atom. The highest BCUT2D eigenvalue weighted by atomic mass is 15.0. The van der Waals surface area contributed by atoms with E-state index in [1.807, 2.05) is 12.3 Å². The standard InChI is InChI=1S/C7H10N2/c1-2-6-4-8-5-7(6)9-3-1/h1-3,6-8H,4-5H2. The van der Waals surface area contributed by atoms with Gasteiger partial charge in [0.15, 0.2) is 0 Å². The van der Waals surface area contributed by atoms with Crippen LogP contribution in [0.25, 0.3) is 0 Å². The second kappa shape index (κ2) is 1.95. The molecule has 2 unspecified atom stereocenters. The molecule has 0 aromatic rings. The lowest BCUT2D eigenvalue weighted by molar-refractivity contribution is 0.622. The zero-order chi connectivity index (χ0) is 6.10. The molecule has 0 aliphatic carbocycles. The molecule has 1 fully saturated rings. The fraction of sp³-hybridized carbons (Fsp3) is 0.571. The van der Waals surface area contributed by atoms with E-state index in [1.165, 1.54) is 0 Å². The zero-order valence-corrected chi connectivity index (χ0v) is 5.25. The van der Waals surface area contributed by atoms with Crippen LogP contribution in [-0.2, 0) is 0 Å². The maximum absolute atomic E-state index is 4.32. The Balaban J connectivity index is 2.18. The predicted octanol–water partition coefficient (Wildman–Crippen LogP) is 0.215. The first-order valence-electron chi connectivity index (χ1n) is 3.37. The third kappa shape index (κ3) is 0.793. The van der Waals surface area contributed by atoms with Gasteiger partial charge in [0.25, 0.3) is 0 Å². The van der Waals surface area contributed by atoms with Crippen molar-refractivity contribution in [2.75, 3.05) is 13.1 Å². The molecular weight excluding hydrogens is 112 g/mol. The van der Waals surface area contributed by atoms with Gasteiger partial charge in [0.05, 0.1) is 6.04 Å². The van der Waals surface area contributed by atoms with E-state index in [-0.39, 0.29) is 0 Å². The molecule has 0 bridgehead atoms. The van der Waals surface area contributed by atoms with Gasteiger partial charge in [-0.3, -0.25) is 4.99 Å². The minimum absolute atomic E-state index is 0.537. The van der Waals surface area contributed by atoms with E-state index in [0.717, 1.165) is 13.1 Å². The lowest BCUT2D eigenvalue weighted by Gasteiger charge is -2.11. The summed E-state index contributed by atoms with van der Waals surface area (Å²) in [6, 6.07) is 0.537. The van der Waals surface area contributed by atoms with Crippen molar-refractivity contribution in [3.63, 3.8) is 0 Å². The number of fused-ring (bicyclic) bond motifs is 1. The van der Waals surface area contributed by atoms with Gasteiger partial charge in [-0.1, -0.05) is 6.08 Å². The van der Waals surface area contributed by atoms with Crippen molar-refractivity contribution < 1.29 is 0 Å². The summed E-state index contributed by atoms with van der Waals surface area (Å²) in [5.41, 5.74) is 0. The second-order valence-electron chi connectivity index (χ2n) is 2.57. The first kappa shape index (κ1) is 5.18. The molecular formula is C7H10N2. The first-order chi connectivity index (χ1) is 4.47. The van der Waals surface area contributed by atoms with Crippen molar-refractivity contribution >= 4 is 6.21 Å². The molecule has 2 nitrogen and oxygen atoms in total. The maximum Gasteiger partial charge on any atom is 0.0698 e. The van der Waals surface area contributed by atoms with Crippen LogP contribution >= 0.6 is 0 Å². The molecule has 0 spiro atoms. The van der Waals surface area contributed by atoms with Crippen LogP contribution in [0.5, 0.6) is 0 Å². The van der Waals surface area contributed by atoms with Gasteiger partial charge < -0.3 is 5.32 Å². The molecule has 2 aliphatic heterocycles. The van der Waals surface area contributed by atoms with Gasteiger partial charge >= 0.3 is 0 Å². The average Bonchev–Trinajstić information content (AvgIpc) is 2.33. The third-order valence-electron chi connectivity index (χ3n) is 1.95. The van der Waals surface area contributed by atoms with E-state index < -0.39 is 0 Å². The lowest BCUT2D eigenvalue weighted by atomic mass is 10.0. The van der Waals surface area contributed by atoms with E-state index in [0.29, 0.717) is 12.0 Å². The van der Waals surface area contributed by atoms with Crippen molar-refractivity contribution in [2.24, 2.45) is 10.9 Å². The molecule has 9 heavy (non-hydrogen) atoms. The van der Waals surface area contributed by atoms with Gasteiger partial charge in [-0.25, -0.2) is 0 Å². The summed E-state index contributed by atoms with van der Waals surface area (Å²) in [6.07, 6.45) is 6.17. The largest absolute Gasteiger partial charge is 0.314 e. The van der Waals surface area contributed by atoms with Crippen LogP contribution in [0.2, 0.25) is 0 Å². The van der Waals surface area contributed by atoms with Gasteiger partial charge in [0.2, 0.25) is 0 Å². The van der Waals surface area contributed by atoms with Crippen molar-refractivity contribution in [1.29, 1.82) is 0 Å². The highest BCUT2D eigenvalue weighted by Gasteiger charge is 2.24. The van der Waals surface area contributed by atoms with Crippen LogP contribution in [0, 0.1) is 5.92 Å². The Morgan fingerprint density at radius 1 is 1.44 bits per heavy atom. The normalized spacial score (nSPS) is 39.1. The lowest BCUT2D eigenvalue weighted by Crippen LogP contribution is -2.16. The van der Waals surface area contributed by atoms with Crippen LogP contribution < -0.4 is 5.32 Å². The zero-order valence-electron chi connectivity index (χ0n) is 5.25. The third-order valence-corrected chi connectivity index (χ3v) is 1.95.